The van der Waals surface area contributed by atoms with Crippen LogP contribution in [0.3, 0.4) is 0 Å². The lowest BCUT2D eigenvalue weighted by atomic mass is 10.2. The highest BCUT2D eigenvalue weighted by atomic mass is 32.2. The number of hydrogen-bond acceptors (Lipinski definition) is 2. The molecule has 0 spiro atoms. The fourth-order valence-electron chi connectivity index (χ4n) is 1.29. The minimum atomic E-state index is 0.338. The zero-order valence-electron chi connectivity index (χ0n) is 10.3. The van der Waals surface area contributed by atoms with Gasteiger partial charge in [-0.05, 0) is 30.9 Å². The molecular weight excluding hydrogens is 228 g/mol. The summed E-state index contributed by atoms with van der Waals surface area (Å²) in [5.41, 5.74) is 2.58. The average molecular weight is 246 g/mol. The van der Waals surface area contributed by atoms with Gasteiger partial charge in [0, 0.05) is 5.75 Å². The maximum atomic E-state index is 8.92. The molecule has 0 saturated heterocycles. The molecule has 2 heteroatoms. The highest BCUT2D eigenvalue weighted by Crippen LogP contribution is 2.13. The Morgan fingerprint density at radius 2 is 1.53 bits per heavy atom. The van der Waals surface area contributed by atoms with E-state index in [0.29, 0.717) is 5.75 Å². The van der Waals surface area contributed by atoms with Crippen molar-refractivity contribution in [2.75, 3.05) is 6.26 Å². The molecule has 1 N–H and O–H groups in total. The van der Waals surface area contributed by atoms with Crippen molar-refractivity contribution >= 4 is 11.8 Å². The number of thioether (sulfide) groups is 1. The molecule has 0 fully saturated rings. The molecule has 1 nitrogen and oxygen atoms in total. The zero-order valence-corrected chi connectivity index (χ0v) is 11.1. The molecular formula is C15H18OS. The standard InChI is InChI=1S/C8H10OS.C7H8/c1-10-6-7-2-4-8(9)5-3-7;1-7-5-3-2-4-6-7/h2-5,9H,6H2,1H3;2-6H,1H3. The van der Waals surface area contributed by atoms with Crippen LogP contribution in [0.4, 0.5) is 0 Å². The Morgan fingerprint density at radius 1 is 0.941 bits per heavy atom. The Kier molecular flexibility index (Phi) is 6.26. The van der Waals surface area contributed by atoms with Crippen LogP contribution in [0.25, 0.3) is 0 Å². The van der Waals surface area contributed by atoms with Crippen molar-refractivity contribution in [2.45, 2.75) is 12.7 Å². The van der Waals surface area contributed by atoms with Crippen LogP contribution in [0.2, 0.25) is 0 Å². The number of hydrogen-bond donors (Lipinski definition) is 1. The molecule has 0 aromatic heterocycles. The van der Waals surface area contributed by atoms with Gasteiger partial charge >= 0.3 is 0 Å². The molecule has 0 atom stereocenters. The van der Waals surface area contributed by atoms with Gasteiger partial charge in [0.1, 0.15) is 5.75 Å². The van der Waals surface area contributed by atoms with Gasteiger partial charge in [0.15, 0.2) is 0 Å². The van der Waals surface area contributed by atoms with Crippen LogP contribution < -0.4 is 0 Å². The lowest BCUT2D eigenvalue weighted by molar-refractivity contribution is 0.475. The van der Waals surface area contributed by atoms with Gasteiger partial charge < -0.3 is 5.11 Å². The van der Waals surface area contributed by atoms with E-state index in [9.17, 15) is 0 Å². The van der Waals surface area contributed by atoms with Crippen molar-refractivity contribution in [3.63, 3.8) is 0 Å². The van der Waals surface area contributed by atoms with Crippen molar-refractivity contribution in [1.82, 2.24) is 0 Å². The van der Waals surface area contributed by atoms with Gasteiger partial charge in [-0.15, -0.1) is 0 Å². The Balaban J connectivity index is 0.000000181. The van der Waals surface area contributed by atoms with Gasteiger partial charge in [-0.3, -0.25) is 0 Å². The first kappa shape index (κ1) is 13.7. The maximum Gasteiger partial charge on any atom is 0.115 e. The predicted molar refractivity (Wildman–Crippen MR) is 76.5 cm³/mol. The summed E-state index contributed by atoms with van der Waals surface area (Å²) in [4.78, 5) is 0. The first-order valence-corrected chi connectivity index (χ1v) is 6.90. The largest absolute Gasteiger partial charge is 0.508 e. The highest BCUT2D eigenvalue weighted by Gasteiger charge is 1.89. The minimum Gasteiger partial charge on any atom is -0.508 e. The molecule has 0 bridgehead atoms. The molecule has 0 heterocycles. The molecule has 2 aromatic carbocycles. The SMILES string of the molecule is CSCc1ccc(O)cc1.Cc1ccccc1. The summed E-state index contributed by atoms with van der Waals surface area (Å²) in [6, 6.07) is 17.6. The summed E-state index contributed by atoms with van der Waals surface area (Å²) < 4.78 is 0. The Labute approximate surface area is 108 Å². The van der Waals surface area contributed by atoms with E-state index in [0.717, 1.165) is 5.75 Å². The number of benzene rings is 2. The zero-order chi connectivity index (χ0) is 12.5. The van der Waals surface area contributed by atoms with Crippen LogP contribution in [0.5, 0.6) is 5.75 Å². The number of phenols is 1. The van der Waals surface area contributed by atoms with E-state index in [2.05, 4.69) is 25.3 Å². The normalized spacial score (nSPS) is 9.29. The van der Waals surface area contributed by atoms with Crippen molar-refractivity contribution in [3.05, 3.63) is 65.7 Å². The van der Waals surface area contributed by atoms with Crippen LogP contribution in [0.15, 0.2) is 54.6 Å². The minimum absolute atomic E-state index is 0.338. The van der Waals surface area contributed by atoms with Crippen LogP contribution in [0.1, 0.15) is 11.1 Å². The Hall–Kier alpha value is -1.41. The number of aromatic hydroxyl groups is 1. The second-order valence-corrected chi connectivity index (χ2v) is 4.62. The fourth-order valence-corrected chi connectivity index (χ4v) is 1.82. The Bertz CT molecular complexity index is 409. The number of phenolic OH excluding ortho intramolecular Hbond substituents is 1. The van der Waals surface area contributed by atoms with E-state index in [4.69, 9.17) is 5.11 Å². The molecule has 17 heavy (non-hydrogen) atoms. The van der Waals surface area contributed by atoms with Gasteiger partial charge in [0.2, 0.25) is 0 Å². The average Bonchev–Trinajstić information content (AvgIpc) is 2.34. The lowest BCUT2D eigenvalue weighted by Crippen LogP contribution is -1.76. The third-order valence-corrected chi connectivity index (χ3v) is 2.81. The topological polar surface area (TPSA) is 20.2 Å². The molecule has 0 aliphatic rings. The summed E-state index contributed by atoms with van der Waals surface area (Å²) >= 11 is 1.78. The van der Waals surface area contributed by atoms with Crippen LogP contribution >= 0.6 is 11.8 Å². The first-order valence-electron chi connectivity index (χ1n) is 5.51. The molecule has 0 saturated carbocycles. The van der Waals surface area contributed by atoms with Gasteiger partial charge in [-0.1, -0.05) is 48.0 Å². The van der Waals surface area contributed by atoms with Crippen molar-refractivity contribution < 1.29 is 5.11 Å². The molecule has 2 rings (SSSR count). The van der Waals surface area contributed by atoms with E-state index in [1.54, 1.807) is 23.9 Å². The molecule has 0 radical (unpaired) electrons. The molecule has 90 valence electrons. The quantitative estimate of drug-likeness (QED) is 0.854. The first-order chi connectivity index (χ1) is 8.22. The molecule has 0 aliphatic carbocycles. The molecule has 2 aromatic rings. The third kappa shape index (κ3) is 6.03. The summed E-state index contributed by atoms with van der Waals surface area (Å²) in [6.45, 7) is 2.08. The summed E-state index contributed by atoms with van der Waals surface area (Å²) in [5.74, 6) is 1.35. The smallest absolute Gasteiger partial charge is 0.115 e. The Morgan fingerprint density at radius 3 is 1.94 bits per heavy atom. The van der Waals surface area contributed by atoms with E-state index in [1.165, 1.54) is 11.1 Å². The second-order valence-electron chi connectivity index (χ2n) is 3.75. The van der Waals surface area contributed by atoms with E-state index >= 15 is 0 Å². The predicted octanol–water partition coefficient (Wildman–Crippen LogP) is 4.25. The summed E-state index contributed by atoms with van der Waals surface area (Å²) in [6.07, 6.45) is 2.06. The van der Waals surface area contributed by atoms with Crippen LogP contribution in [0, 0.1) is 6.92 Å². The fraction of sp³-hybridized carbons (Fsp3) is 0.200. The van der Waals surface area contributed by atoms with Gasteiger partial charge in [0.25, 0.3) is 0 Å². The van der Waals surface area contributed by atoms with Crippen LogP contribution in [-0.2, 0) is 5.75 Å². The van der Waals surface area contributed by atoms with E-state index < -0.39 is 0 Å². The third-order valence-electron chi connectivity index (χ3n) is 2.19. The number of rotatable bonds is 2. The van der Waals surface area contributed by atoms with E-state index in [1.807, 2.05) is 30.3 Å². The molecule has 0 aliphatic heterocycles. The molecule has 0 amide bonds. The maximum absolute atomic E-state index is 8.92. The van der Waals surface area contributed by atoms with Gasteiger partial charge in [-0.2, -0.15) is 11.8 Å². The van der Waals surface area contributed by atoms with Crippen molar-refractivity contribution in [2.24, 2.45) is 0 Å². The number of aryl methyl sites for hydroxylation is 1. The summed E-state index contributed by atoms with van der Waals surface area (Å²) in [5, 5.41) is 8.92. The van der Waals surface area contributed by atoms with Gasteiger partial charge in [0.05, 0.1) is 0 Å². The van der Waals surface area contributed by atoms with Crippen molar-refractivity contribution in [1.29, 1.82) is 0 Å². The lowest BCUT2D eigenvalue weighted by Gasteiger charge is -1.96. The molecule has 0 unspecified atom stereocenters. The summed E-state index contributed by atoms with van der Waals surface area (Å²) in [7, 11) is 0. The van der Waals surface area contributed by atoms with Gasteiger partial charge in [-0.25, -0.2) is 0 Å². The van der Waals surface area contributed by atoms with E-state index in [-0.39, 0.29) is 0 Å². The van der Waals surface area contributed by atoms with Crippen LogP contribution in [-0.4, -0.2) is 11.4 Å². The second kappa shape index (κ2) is 7.80. The highest BCUT2D eigenvalue weighted by molar-refractivity contribution is 7.97. The monoisotopic (exact) mass is 246 g/mol. The van der Waals surface area contributed by atoms with Crippen molar-refractivity contribution in [3.8, 4) is 5.75 Å².